The van der Waals surface area contributed by atoms with Crippen molar-refractivity contribution in [2.75, 3.05) is 5.32 Å². The first-order valence-electron chi connectivity index (χ1n) is 6.00. The largest absolute Gasteiger partial charge is 0.478 e. The Morgan fingerprint density at radius 3 is 2.29 bits per heavy atom. The lowest BCUT2D eigenvalue weighted by Crippen LogP contribution is -2.18. The highest BCUT2D eigenvalue weighted by Gasteiger charge is 2.19. The molecule has 4 nitrogen and oxygen atoms in total. The molecular weight excluding hydrogens is 280 g/mol. The number of hydrogen-bond donors (Lipinski definition) is 2. The van der Waals surface area contributed by atoms with Gasteiger partial charge in [0.25, 0.3) is 5.91 Å². The van der Waals surface area contributed by atoms with E-state index in [0.29, 0.717) is 0 Å². The topological polar surface area (TPSA) is 66.4 Å². The van der Waals surface area contributed by atoms with E-state index in [1.165, 1.54) is 37.3 Å². The van der Waals surface area contributed by atoms with Crippen molar-refractivity contribution in [3.8, 4) is 0 Å². The van der Waals surface area contributed by atoms with Crippen molar-refractivity contribution in [1.82, 2.24) is 0 Å². The van der Waals surface area contributed by atoms with Gasteiger partial charge in [-0.1, -0.05) is 18.2 Å². The van der Waals surface area contributed by atoms with Crippen molar-refractivity contribution in [1.29, 1.82) is 0 Å². The predicted octanol–water partition coefficient (Wildman–Crippen LogP) is 3.22. The molecule has 0 atom stereocenters. The van der Waals surface area contributed by atoms with Crippen LogP contribution in [0.1, 0.15) is 26.3 Å². The normalized spacial score (nSPS) is 10.2. The Morgan fingerprint density at radius 1 is 1.05 bits per heavy atom. The third-order valence-electron chi connectivity index (χ3n) is 2.92. The second-order valence-electron chi connectivity index (χ2n) is 4.36. The fraction of sp³-hybridized carbons (Fsp3) is 0.0667. The Kier molecular flexibility index (Phi) is 3.98. The molecule has 0 spiro atoms. The molecule has 0 aliphatic carbocycles. The zero-order chi connectivity index (χ0) is 15.6. The smallest absolute Gasteiger partial charge is 0.336 e. The molecule has 0 saturated carbocycles. The minimum atomic E-state index is -1.30. The first-order valence-corrected chi connectivity index (χ1v) is 6.00. The van der Waals surface area contributed by atoms with E-state index in [1.807, 2.05) is 0 Å². The van der Waals surface area contributed by atoms with Gasteiger partial charge >= 0.3 is 5.97 Å². The molecule has 6 heteroatoms. The molecule has 0 bridgehead atoms. The van der Waals surface area contributed by atoms with Crippen molar-refractivity contribution < 1.29 is 23.5 Å². The average Bonchev–Trinajstić information content (AvgIpc) is 2.47. The van der Waals surface area contributed by atoms with Gasteiger partial charge in [0, 0.05) is 0 Å². The fourth-order valence-corrected chi connectivity index (χ4v) is 1.82. The predicted molar refractivity (Wildman–Crippen MR) is 72.4 cm³/mol. The summed E-state index contributed by atoms with van der Waals surface area (Å²) in [5.74, 6) is -4.02. The minimum absolute atomic E-state index is 0.165. The van der Waals surface area contributed by atoms with Gasteiger partial charge < -0.3 is 10.4 Å². The van der Waals surface area contributed by atoms with Gasteiger partial charge in [0.15, 0.2) is 5.82 Å². The summed E-state index contributed by atoms with van der Waals surface area (Å²) in [7, 11) is 0. The number of hydrogen-bond acceptors (Lipinski definition) is 2. The number of carboxylic acids is 1. The van der Waals surface area contributed by atoms with E-state index in [2.05, 4.69) is 5.32 Å². The minimum Gasteiger partial charge on any atom is -0.478 e. The van der Waals surface area contributed by atoms with E-state index in [1.54, 1.807) is 0 Å². The number of amides is 1. The van der Waals surface area contributed by atoms with Crippen molar-refractivity contribution in [3.63, 3.8) is 0 Å². The number of carboxylic acid groups (broad SMARTS) is 1. The molecule has 1 amide bonds. The lowest BCUT2D eigenvalue weighted by atomic mass is 10.1. The first kappa shape index (κ1) is 14.6. The molecule has 0 aromatic heterocycles. The number of halogens is 2. The van der Waals surface area contributed by atoms with Gasteiger partial charge in [-0.15, -0.1) is 0 Å². The van der Waals surface area contributed by atoms with Crippen LogP contribution in [0.25, 0.3) is 0 Å². The summed E-state index contributed by atoms with van der Waals surface area (Å²) in [6.45, 7) is 1.43. The molecule has 2 aromatic carbocycles. The number of aromatic carboxylic acids is 1. The Labute approximate surface area is 119 Å². The molecule has 0 radical (unpaired) electrons. The Balaban J connectivity index is 2.40. The van der Waals surface area contributed by atoms with Gasteiger partial charge in [-0.3, -0.25) is 4.79 Å². The molecule has 0 fully saturated rings. The number of rotatable bonds is 3. The number of aryl methyl sites for hydroxylation is 1. The van der Waals surface area contributed by atoms with Crippen molar-refractivity contribution in [2.45, 2.75) is 6.92 Å². The van der Waals surface area contributed by atoms with Crippen LogP contribution < -0.4 is 5.32 Å². The Bertz CT molecular complexity index is 729. The molecule has 108 valence electrons. The van der Waals surface area contributed by atoms with E-state index in [-0.39, 0.29) is 16.7 Å². The molecular formula is C15H11F2NO3. The van der Waals surface area contributed by atoms with Gasteiger partial charge in [-0.05, 0) is 30.7 Å². The van der Waals surface area contributed by atoms with E-state index < -0.39 is 29.2 Å². The molecule has 2 aromatic rings. The maximum atomic E-state index is 13.8. The van der Waals surface area contributed by atoms with Gasteiger partial charge in [0.05, 0.1) is 11.1 Å². The van der Waals surface area contributed by atoms with Gasteiger partial charge in [0.1, 0.15) is 11.5 Å². The molecule has 0 saturated heterocycles. The van der Waals surface area contributed by atoms with Gasteiger partial charge in [-0.2, -0.15) is 0 Å². The van der Waals surface area contributed by atoms with Crippen LogP contribution in [-0.2, 0) is 0 Å². The van der Waals surface area contributed by atoms with E-state index >= 15 is 0 Å². The van der Waals surface area contributed by atoms with Crippen LogP contribution in [0.3, 0.4) is 0 Å². The highest BCUT2D eigenvalue weighted by molar-refractivity contribution is 6.10. The maximum Gasteiger partial charge on any atom is 0.336 e. The van der Waals surface area contributed by atoms with Crippen molar-refractivity contribution in [3.05, 3.63) is 64.7 Å². The van der Waals surface area contributed by atoms with Crippen molar-refractivity contribution in [2.24, 2.45) is 0 Å². The van der Waals surface area contributed by atoms with E-state index in [4.69, 9.17) is 5.11 Å². The quantitative estimate of drug-likeness (QED) is 0.912. The standard InChI is InChI=1S/C15H11F2NO3/c1-8-6-7-11(16)13(12(8)17)18-14(19)9-4-2-3-5-10(9)15(20)21/h2-7H,1H3,(H,18,19)(H,20,21). The third kappa shape index (κ3) is 2.89. The Morgan fingerprint density at radius 2 is 1.67 bits per heavy atom. The van der Waals surface area contributed by atoms with Crippen LogP contribution >= 0.6 is 0 Å². The summed E-state index contributed by atoms with van der Waals surface area (Å²) < 4.78 is 27.4. The van der Waals surface area contributed by atoms with Gasteiger partial charge in [-0.25, -0.2) is 13.6 Å². The summed E-state index contributed by atoms with van der Waals surface area (Å²) in [6.07, 6.45) is 0. The summed E-state index contributed by atoms with van der Waals surface area (Å²) in [5.41, 5.74) is -0.854. The molecule has 0 heterocycles. The van der Waals surface area contributed by atoms with Crippen LogP contribution in [0.2, 0.25) is 0 Å². The third-order valence-corrected chi connectivity index (χ3v) is 2.92. The monoisotopic (exact) mass is 291 g/mol. The second-order valence-corrected chi connectivity index (χ2v) is 4.36. The van der Waals surface area contributed by atoms with E-state index in [9.17, 15) is 18.4 Å². The lowest BCUT2D eigenvalue weighted by Gasteiger charge is -2.10. The molecule has 2 N–H and O–H groups in total. The fourth-order valence-electron chi connectivity index (χ4n) is 1.82. The van der Waals surface area contributed by atoms with E-state index in [0.717, 1.165) is 6.07 Å². The van der Waals surface area contributed by atoms with Crippen LogP contribution in [0.15, 0.2) is 36.4 Å². The maximum absolute atomic E-state index is 13.8. The average molecular weight is 291 g/mol. The highest BCUT2D eigenvalue weighted by Crippen LogP contribution is 2.22. The highest BCUT2D eigenvalue weighted by atomic mass is 19.1. The first-order chi connectivity index (χ1) is 9.91. The zero-order valence-corrected chi connectivity index (χ0v) is 11.0. The SMILES string of the molecule is Cc1ccc(F)c(NC(=O)c2ccccc2C(=O)O)c1F. The molecule has 21 heavy (non-hydrogen) atoms. The number of nitrogens with one attached hydrogen (secondary N) is 1. The lowest BCUT2D eigenvalue weighted by molar-refractivity contribution is 0.0692. The summed E-state index contributed by atoms with van der Waals surface area (Å²) in [5, 5.41) is 11.1. The summed E-state index contributed by atoms with van der Waals surface area (Å²) in [6, 6.07) is 7.69. The number of carbonyl (C=O) groups is 2. The van der Waals surface area contributed by atoms with Crippen molar-refractivity contribution >= 4 is 17.6 Å². The zero-order valence-electron chi connectivity index (χ0n) is 11.0. The van der Waals surface area contributed by atoms with Crippen LogP contribution in [-0.4, -0.2) is 17.0 Å². The summed E-state index contributed by atoms with van der Waals surface area (Å²) >= 11 is 0. The van der Waals surface area contributed by atoms with Crippen LogP contribution in [0, 0.1) is 18.6 Å². The molecule has 0 aliphatic heterocycles. The van der Waals surface area contributed by atoms with Crippen LogP contribution in [0.5, 0.6) is 0 Å². The number of carbonyl (C=O) groups excluding carboxylic acids is 1. The molecule has 2 rings (SSSR count). The van der Waals surface area contributed by atoms with Gasteiger partial charge in [0.2, 0.25) is 0 Å². The molecule has 0 aliphatic rings. The van der Waals surface area contributed by atoms with Crippen LogP contribution in [0.4, 0.5) is 14.5 Å². The summed E-state index contributed by atoms with van der Waals surface area (Å²) in [4.78, 5) is 23.1. The molecule has 0 unspecified atom stereocenters. The number of anilines is 1. The Hall–Kier alpha value is -2.76. The second kappa shape index (κ2) is 5.70. The number of benzene rings is 2.